The van der Waals surface area contributed by atoms with E-state index in [1.165, 1.54) is 12.5 Å². The molecule has 6 nitrogen and oxygen atoms in total. The minimum absolute atomic E-state index is 0.0127. The Morgan fingerprint density at radius 2 is 2.05 bits per heavy atom. The predicted molar refractivity (Wildman–Crippen MR) is 86.4 cm³/mol. The molecule has 0 spiro atoms. The minimum atomic E-state index is -0.399. The lowest BCUT2D eigenvalue weighted by molar-refractivity contribution is -0.384. The van der Waals surface area contributed by atoms with Gasteiger partial charge in [-0.3, -0.25) is 14.9 Å². The highest BCUT2D eigenvalue weighted by molar-refractivity contribution is 5.96. The van der Waals surface area contributed by atoms with Crippen molar-refractivity contribution in [2.24, 2.45) is 0 Å². The van der Waals surface area contributed by atoms with E-state index in [9.17, 15) is 14.9 Å². The van der Waals surface area contributed by atoms with Gasteiger partial charge in [0.1, 0.15) is 5.69 Å². The van der Waals surface area contributed by atoms with Crippen LogP contribution in [0.5, 0.6) is 0 Å². The van der Waals surface area contributed by atoms with Crippen LogP contribution in [0, 0.1) is 10.1 Å². The van der Waals surface area contributed by atoms with Gasteiger partial charge in [-0.15, -0.1) is 0 Å². The molecule has 1 aromatic rings. The van der Waals surface area contributed by atoms with Gasteiger partial charge in [0.2, 0.25) is 0 Å². The third kappa shape index (κ3) is 3.75. The molecule has 2 rings (SSSR count). The van der Waals surface area contributed by atoms with Gasteiger partial charge in [0.25, 0.3) is 11.6 Å². The van der Waals surface area contributed by atoms with Crippen molar-refractivity contribution in [1.82, 2.24) is 5.32 Å². The van der Waals surface area contributed by atoms with Gasteiger partial charge in [-0.05, 0) is 44.7 Å². The highest BCUT2D eigenvalue weighted by Crippen LogP contribution is 2.31. The smallest absolute Gasteiger partial charge is 0.293 e. The van der Waals surface area contributed by atoms with Gasteiger partial charge in [-0.1, -0.05) is 6.92 Å². The zero-order valence-corrected chi connectivity index (χ0v) is 13.2. The van der Waals surface area contributed by atoms with Crippen LogP contribution in [-0.2, 0) is 0 Å². The number of nitro benzene ring substituents is 1. The molecule has 1 aromatic carbocycles. The topological polar surface area (TPSA) is 75.5 Å². The molecule has 0 aliphatic carbocycles. The molecule has 1 atom stereocenters. The number of nitro groups is 1. The highest BCUT2D eigenvalue weighted by Gasteiger charge is 2.23. The van der Waals surface area contributed by atoms with Gasteiger partial charge < -0.3 is 10.2 Å². The highest BCUT2D eigenvalue weighted by atomic mass is 16.6. The van der Waals surface area contributed by atoms with E-state index >= 15 is 0 Å². The molecule has 22 heavy (non-hydrogen) atoms. The zero-order valence-electron chi connectivity index (χ0n) is 13.2. The summed E-state index contributed by atoms with van der Waals surface area (Å²) in [6.45, 7) is 5.56. The largest absolute Gasteiger partial charge is 0.366 e. The van der Waals surface area contributed by atoms with Crippen molar-refractivity contribution in [2.45, 2.75) is 45.6 Å². The molecule has 0 unspecified atom stereocenters. The van der Waals surface area contributed by atoms with Gasteiger partial charge in [-0.25, -0.2) is 0 Å². The normalized spacial score (nSPS) is 16.2. The Bertz CT molecular complexity index is 554. The van der Waals surface area contributed by atoms with Crippen LogP contribution in [0.3, 0.4) is 0 Å². The summed E-state index contributed by atoms with van der Waals surface area (Å²) in [4.78, 5) is 25.1. The van der Waals surface area contributed by atoms with Crippen molar-refractivity contribution in [1.29, 1.82) is 0 Å². The molecule has 1 fully saturated rings. The molecule has 1 aliphatic heterocycles. The number of nitrogens with zero attached hydrogens (tertiary/aromatic N) is 2. The van der Waals surface area contributed by atoms with Crippen molar-refractivity contribution >= 4 is 17.3 Å². The van der Waals surface area contributed by atoms with Crippen LogP contribution in [0.1, 0.15) is 49.9 Å². The van der Waals surface area contributed by atoms with Crippen LogP contribution in [0.4, 0.5) is 11.4 Å². The fraction of sp³-hybridized carbons (Fsp3) is 0.562. The number of carbonyl (C=O) groups excluding carboxylic acids is 1. The lowest BCUT2D eigenvalue weighted by Gasteiger charge is -2.28. The van der Waals surface area contributed by atoms with Gasteiger partial charge in [0, 0.05) is 30.8 Å². The summed E-state index contributed by atoms with van der Waals surface area (Å²) in [5, 5.41) is 14.2. The Morgan fingerprint density at radius 3 is 2.64 bits per heavy atom. The summed E-state index contributed by atoms with van der Waals surface area (Å²) < 4.78 is 0. The van der Waals surface area contributed by atoms with Crippen LogP contribution in [0.15, 0.2) is 18.2 Å². The second-order valence-electron chi connectivity index (χ2n) is 5.79. The van der Waals surface area contributed by atoms with E-state index in [1.807, 2.05) is 18.7 Å². The number of benzene rings is 1. The standard InChI is InChI=1S/C16H23N3O3/c1-3-12(2)17-16(20)13-7-8-14(15(11-13)19(21)22)18-9-5-4-6-10-18/h7-8,11-12H,3-6,9-10H2,1-2H3,(H,17,20)/t12-/m1/s1. The van der Waals surface area contributed by atoms with E-state index in [4.69, 9.17) is 0 Å². The molecule has 1 amide bonds. The molecular formula is C16H23N3O3. The van der Waals surface area contributed by atoms with Crippen LogP contribution in [0.2, 0.25) is 0 Å². The number of carbonyl (C=O) groups is 1. The van der Waals surface area contributed by atoms with E-state index in [1.54, 1.807) is 12.1 Å². The Balaban J connectivity index is 2.26. The fourth-order valence-electron chi connectivity index (χ4n) is 2.62. The number of hydrogen-bond donors (Lipinski definition) is 1. The van der Waals surface area contributed by atoms with Crippen molar-refractivity contribution in [3.05, 3.63) is 33.9 Å². The summed E-state index contributed by atoms with van der Waals surface area (Å²) in [6, 6.07) is 4.82. The first-order valence-corrected chi connectivity index (χ1v) is 7.87. The fourth-order valence-corrected chi connectivity index (χ4v) is 2.62. The van der Waals surface area contributed by atoms with Gasteiger partial charge >= 0.3 is 0 Å². The molecule has 1 aliphatic rings. The molecule has 0 aromatic heterocycles. The number of amides is 1. The third-order valence-electron chi connectivity index (χ3n) is 4.12. The SMILES string of the molecule is CC[C@@H](C)NC(=O)c1ccc(N2CCCCC2)c([N+](=O)[O-])c1. The first kappa shape index (κ1) is 16.3. The lowest BCUT2D eigenvalue weighted by atomic mass is 10.1. The van der Waals surface area contributed by atoms with Gasteiger partial charge in [0.15, 0.2) is 0 Å². The van der Waals surface area contributed by atoms with E-state index in [2.05, 4.69) is 5.32 Å². The van der Waals surface area contributed by atoms with Crippen LogP contribution >= 0.6 is 0 Å². The molecule has 6 heteroatoms. The summed E-state index contributed by atoms with van der Waals surface area (Å²) in [7, 11) is 0. The second-order valence-corrected chi connectivity index (χ2v) is 5.79. The Labute approximate surface area is 130 Å². The molecule has 1 saturated heterocycles. The van der Waals surface area contributed by atoms with Crippen LogP contribution in [-0.4, -0.2) is 30.0 Å². The summed E-state index contributed by atoms with van der Waals surface area (Å²) >= 11 is 0. The van der Waals surface area contributed by atoms with Crippen molar-refractivity contribution < 1.29 is 9.72 Å². The second kappa shape index (κ2) is 7.24. The molecule has 0 radical (unpaired) electrons. The predicted octanol–water partition coefficient (Wildman–Crippen LogP) is 3.11. The Hall–Kier alpha value is -2.11. The van der Waals surface area contributed by atoms with Crippen molar-refractivity contribution in [2.75, 3.05) is 18.0 Å². The summed E-state index contributed by atoms with van der Waals surface area (Å²) in [5.41, 5.74) is 0.969. The molecule has 0 saturated carbocycles. The van der Waals surface area contributed by atoms with E-state index in [0.717, 1.165) is 32.4 Å². The first-order valence-electron chi connectivity index (χ1n) is 7.87. The zero-order chi connectivity index (χ0) is 16.1. The number of hydrogen-bond acceptors (Lipinski definition) is 4. The maximum atomic E-state index is 12.1. The summed E-state index contributed by atoms with van der Waals surface area (Å²) in [5.74, 6) is -0.261. The molecule has 0 bridgehead atoms. The average Bonchev–Trinajstić information content (AvgIpc) is 2.54. The Kier molecular flexibility index (Phi) is 5.35. The maximum Gasteiger partial charge on any atom is 0.293 e. The van der Waals surface area contributed by atoms with Gasteiger partial charge in [-0.2, -0.15) is 0 Å². The maximum absolute atomic E-state index is 12.1. The molecule has 1 heterocycles. The van der Waals surface area contributed by atoms with Crippen molar-refractivity contribution in [3.8, 4) is 0 Å². The summed E-state index contributed by atoms with van der Waals surface area (Å²) in [6.07, 6.45) is 4.08. The Morgan fingerprint density at radius 1 is 1.36 bits per heavy atom. The number of anilines is 1. The molecular weight excluding hydrogens is 282 g/mol. The monoisotopic (exact) mass is 305 g/mol. The molecule has 120 valence electrons. The molecule has 1 N–H and O–H groups in total. The quantitative estimate of drug-likeness (QED) is 0.670. The van der Waals surface area contributed by atoms with Gasteiger partial charge in [0.05, 0.1) is 4.92 Å². The van der Waals surface area contributed by atoms with Crippen molar-refractivity contribution in [3.63, 3.8) is 0 Å². The number of nitrogens with one attached hydrogen (secondary N) is 1. The van der Waals surface area contributed by atoms with E-state index < -0.39 is 4.92 Å². The minimum Gasteiger partial charge on any atom is -0.366 e. The van der Waals surface area contributed by atoms with E-state index in [0.29, 0.717) is 11.3 Å². The van der Waals surface area contributed by atoms with E-state index in [-0.39, 0.29) is 17.6 Å². The van der Waals surface area contributed by atoms with Crippen LogP contribution < -0.4 is 10.2 Å². The van der Waals surface area contributed by atoms with Crippen LogP contribution in [0.25, 0.3) is 0 Å². The average molecular weight is 305 g/mol. The third-order valence-corrected chi connectivity index (χ3v) is 4.12. The lowest BCUT2D eigenvalue weighted by Crippen LogP contribution is -2.32. The first-order chi connectivity index (χ1) is 10.5. The number of rotatable bonds is 5. The number of piperidine rings is 1.